The lowest BCUT2D eigenvalue weighted by molar-refractivity contribution is -0.138. The van der Waals surface area contributed by atoms with Gasteiger partial charge in [-0.3, -0.25) is 19.7 Å². The summed E-state index contributed by atoms with van der Waals surface area (Å²) in [6.45, 7) is 0. The van der Waals surface area contributed by atoms with E-state index in [1.807, 2.05) is 0 Å². The van der Waals surface area contributed by atoms with Crippen LogP contribution in [0.4, 0.5) is 10.5 Å². The van der Waals surface area contributed by atoms with Gasteiger partial charge < -0.3 is 25.0 Å². The molecule has 0 radical (unpaired) electrons. The summed E-state index contributed by atoms with van der Waals surface area (Å²) >= 11 is 0. The molecule has 2 aromatic rings. The highest BCUT2D eigenvalue weighted by molar-refractivity contribution is 6.06. The Hall–Kier alpha value is -4.08. The monoisotopic (exact) mass is 440 g/mol. The highest BCUT2D eigenvalue weighted by Crippen LogP contribution is 2.26. The molecule has 10 nitrogen and oxygen atoms in total. The molecule has 10 heteroatoms. The summed E-state index contributed by atoms with van der Waals surface area (Å²) < 4.78 is 10.3. The van der Waals surface area contributed by atoms with Crippen molar-refractivity contribution in [2.24, 2.45) is 0 Å². The number of ether oxygens (including phenoxy) is 2. The summed E-state index contributed by atoms with van der Waals surface area (Å²) in [5.41, 5.74) is 1.07. The number of benzene rings is 2. The zero-order valence-electron chi connectivity index (χ0n) is 17.9. The number of hydrogen-bond acceptors (Lipinski definition) is 6. The third-order valence-electron chi connectivity index (χ3n) is 5.06. The van der Waals surface area contributed by atoms with Gasteiger partial charge in [0.15, 0.2) is 0 Å². The lowest BCUT2D eigenvalue weighted by Gasteiger charge is -2.28. The molecule has 3 N–H and O–H groups in total. The van der Waals surface area contributed by atoms with Crippen LogP contribution < -0.4 is 25.4 Å². The molecule has 1 saturated heterocycles. The summed E-state index contributed by atoms with van der Waals surface area (Å²) in [6, 6.07) is 10.9. The lowest BCUT2D eigenvalue weighted by atomic mass is 10.0. The molecule has 1 aliphatic rings. The summed E-state index contributed by atoms with van der Waals surface area (Å²) in [5.74, 6) is -0.282. The first-order valence-corrected chi connectivity index (χ1v) is 9.78. The normalized spacial score (nSPS) is 15.9. The zero-order valence-corrected chi connectivity index (χ0v) is 17.9. The summed E-state index contributed by atoms with van der Waals surface area (Å²) in [4.78, 5) is 50.5. The van der Waals surface area contributed by atoms with Crippen molar-refractivity contribution in [1.82, 2.24) is 15.5 Å². The first-order valence-electron chi connectivity index (χ1n) is 9.78. The number of hydrogen-bond donors (Lipinski definition) is 3. The minimum absolute atomic E-state index is 0.281. The number of anilines is 1. The van der Waals surface area contributed by atoms with Gasteiger partial charge in [0.05, 0.1) is 20.6 Å². The Bertz CT molecular complexity index is 1010. The second-order valence-corrected chi connectivity index (χ2v) is 7.12. The molecule has 1 aliphatic heterocycles. The van der Waals surface area contributed by atoms with Crippen molar-refractivity contribution in [2.75, 3.05) is 26.6 Å². The van der Waals surface area contributed by atoms with Crippen LogP contribution in [-0.4, -0.2) is 56.0 Å². The molecule has 3 rings (SSSR count). The van der Waals surface area contributed by atoms with Crippen molar-refractivity contribution in [1.29, 1.82) is 0 Å². The Labute approximate surface area is 184 Å². The second-order valence-electron chi connectivity index (χ2n) is 7.12. The number of urea groups is 1. The van der Waals surface area contributed by atoms with Crippen LogP contribution in [-0.2, 0) is 14.4 Å². The number of methoxy groups -OCH3 is 2. The van der Waals surface area contributed by atoms with Gasteiger partial charge in [-0.15, -0.1) is 0 Å². The molecule has 1 fully saturated rings. The van der Waals surface area contributed by atoms with Crippen LogP contribution >= 0.6 is 0 Å². The molecule has 1 heterocycles. The SMILES string of the molecule is COc1ccc(NC(=O)[C@H](c2ccc(OC)cc2)N(C)C(=O)C[C@H]2NC(=O)NC2=O)cc1. The number of imide groups is 1. The average molecular weight is 440 g/mol. The van der Waals surface area contributed by atoms with Gasteiger partial charge in [-0.1, -0.05) is 12.1 Å². The van der Waals surface area contributed by atoms with E-state index in [1.165, 1.54) is 19.1 Å². The van der Waals surface area contributed by atoms with Crippen LogP contribution in [0.3, 0.4) is 0 Å². The molecule has 0 aromatic heterocycles. The van der Waals surface area contributed by atoms with E-state index in [0.717, 1.165) is 0 Å². The van der Waals surface area contributed by atoms with E-state index < -0.39 is 35.8 Å². The first-order chi connectivity index (χ1) is 15.3. The standard InChI is InChI=1S/C22H24N4O6/c1-26(18(27)12-17-20(28)25-22(30)24-17)19(13-4-8-15(31-2)9-5-13)21(29)23-14-6-10-16(32-3)11-7-14/h4-11,17,19H,12H2,1-3H3,(H,23,29)(H2,24,25,28,30)/t17-,19+/m1/s1. The van der Waals surface area contributed by atoms with Crippen molar-refractivity contribution in [2.45, 2.75) is 18.5 Å². The quantitative estimate of drug-likeness (QED) is 0.534. The third kappa shape index (κ3) is 5.15. The Balaban J connectivity index is 1.83. The van der Waals surface area contributed by atoms with E-state index in [1.54, 1.807) is 55.6 Å². The van der Waals surface area contributed by atoms with Gasteiger partial charge in [-0.2, -0.15) is 0 Å². The zero-order chi connectivity index (χ0) is 23.3. The maximum Gasteiger partial charge on any atom is 0.322 e. The van der Waals surface area contributed by atoms with E-state index in [4.69, 9.17) is 9.47 Å². The van der Waals surface area contributed by atoms with Crippen LogP contribution in [0.5, 0.6) is 11.5 Å². The molecule has 2 aromatic carbocycles. The molecule has 32 heavy (non-hydrogen) atoms. The first kappa shape index (κ1) is 22.6. The fourth-order valence-corrected chi connectivity index (χ4v) is 3.29. The Morgan fingerprint density at radius 3 is 2.06 bits per heavy atom. The summed E-state index contributed by atoms with van der Waals surface area (Å²) in [5, 5.41) is 7.27. The number of nitrogens with one attached hydrogen (secondary N) is 3. The van der Waals surface area contributed by atoms with Crippen LogP contribution in [0.1, 0.15) is 18.0 Å². The molecule has 0 saturated carbocycles. The number of rotatable bonds is 8. The predicted octanol–water partition coefficient (Wildman–Crippen LogP) is 1.44. The van der Waals surface area contributed by atoms with E-state index >= 15 is 0 Å². The molecule has 0 aliphatic carbocycles. The molecule has 0 spiro atoms. The molecule has 0 bridgehead atoms. The molecular weight excluding hydrogens is 416 g/mol. The van der Waals surface area contributed by atoms with Gasteiger partial charge in [-0.05, 0) is 42.0 Å². The van der Waals surface area contributed by atoms with Gasteiger partial charge in [0.1, 0.15) is 23.6 Å². The minimum Gasteiger partial charge on any atom is -0.497 e. The highest BCUT2D eigenvalue weighted by atomic mass is 16.5. The minimum atomic E-state index is -0.990. The highest BCUT2D eigenvalue weighted by Gasteiger charge is 2.35. The van der Waals surface area contributed by atoms with E-state index in [9.17, 15) is 19.2 Å². The van der Waals surface area contributed by atoms with Gasteiger partial charge in [-0.25, -0.2) is 4.79 Å². The molecule has 2 atom stereocenters. The topological polar surface area (TPSA) is 126 Å². The van der Waals surface area contributed by atoms with E-state index in [0.29, 0.717) is 22.7 Å². The number of likely N-dealkylation sites (N-methyl/N-ethyl adjacent to an activating group) is 1. The largest absolute Gasteiger partial charge is 0.497 e. The summed E-state index contributed by atoms with van der Waals surface area (Å²) in [6.07, 6.45) is -0.281. The van der Waals surface area contributed by atoms with Crippen LogP contribution in [0.25, 0.3) is 0 Å². The van der Waals surface area contributed by atoms with Gasteiger partial charge in [0, 0.05) is 12.7 Å². The number of carbonyl (C=O) groups is 4. The molecule has 168 valence electrons. The Morgan fingerprint density at radius 2 is 1.56 bits per heavy atom. The molecular formula is C22H24N4O6. The molecule has 0 unspecified atom stereocenters. The van der Waals surface area contributed by atoms with Crippen molar-refractivity contribution in [3.8, 4) is 11.5 Å². The van der Waals surface area contributed by atoms with Gasteiger partial charge >= 0.3 is 6.03 Å². The van der Waals surface area contributed by atoms with Crippen molar-refractivity contribution >= 4 is 29.4 Å². The van der Waals surface area contributed by atoms with Gasteiger partial charge in [0.2, 0.25) is 5.91 Å². The summed E-state index contributed by atoms with van der Waals surface area (Å²) in [7, 11) is 4.54. The number of nitrogens with zero attached hydrogens (tertiary/aromatic N) is 1. The average Bonchev–Trinajstić information content (AvgIpc) is 3.11. The number of carbonyl (C=O) groups excluding carboxylic acids is 4. The maximum atomic E-state index is 13.2. The number of amides is 5. The third-order valence-corrected chi connectivity index (χ3v) is 5.06. The lowest BCUT2D eigenvalue weighted by Crippen LogP contribution is -2.42. The van der Waals surface area contributed by atoms with Crippen molar-refractivity contribution in [3.05, 3.63) is 54.1 Å². The van der Waals surface area contributed by atoms with E-state index in [2.05, 4.69) is 16.0 Å². The Kier molecular flexibility index (Phi) is 6.93. The van der Waals surface area contributed by atoms with Crippen LogP contribution in [0.15, 0.2) is 48.5 Å². The second kappa shape index (κ2) is 9.82. The maximum absolute atomic E-state index is 13.2. The smallest absolute Gasteiger partial charge is 0.322 e. The predicted molar refractivity (Wildman–Crippen MR) is 115 cm³/mol. The fourth-order valence-electron chi connectivity index (χ4n) is 3.29. The molecule has 5 amide bonds. The van der Waals surface area contributed by atoms with E-state index in [-0.39, 0.29) is 6.42 Å². The van der Waals surface area contributed by atoms with Crippen LogP contribution in [0.2, 0.25) is 0 Å². The Morgan fingerprint density at radius 1 is 1.00 bits per heavy atom. The fraction of sp³-hybridized carbons (Fsp3) is 0.273. The van der Waals surface area contributed by atoms with Crippen molar-refractivity contribution < 1.29 is 28.7 Å². The van der Waals surface area contributed by atoms with Crippen molar-refractivity contribution in [3.63, 3.8) is 0 Å². The van der Waals surface area contributed by atoms with Gasteiger partial charge in [0.25, 0.3) is 11.8 Å². The van der Waals surface area contributed by atoms with Crippen LogP contribution in [0, 0.1) is 0 Å².